The predicted molar refractivity (Wildman–Crippen MR) is 113 cm³/mol. The van der Waals surface area contributed by atoms with Crippen LogP contribution in [-0.2, 0) is 0 Å². The summed E-state index contributed by atoms with van der Waals surface area (Å²) in [6, 6.07) is 0. The highest BCUT2D eigenvalue weighted by molar-refractivity contribution is 6.08. The number of hydrogen-bond donors (Lipinski definition) is 0. The lowest BCUT2D eigenvalue weighted by atomic mass is 10.0. The highest BCUT2D eigenvalue weighted by atomic mass is 16.0. The van der Waals surface area contributed by atoms with Crippen molar-refractivity contribution in [3.63, 3.8) is 0 Å². The highest BCUT2D eigenvalue weighted by Gasteiger charge is 2.24. The van der Waals surface area contributed by atoms with Crippen LogP contribution in [0.25, 0.3) is 0 Å². The second kappa shape index (κ2) is 25.2. The van der Waals surface area contributed by atoms with Crippen LogP contribution in [0.2, 0.25) is 6.32 Å². The van der Waals surface area contributed by atoms with Gasteiger partial charge in [0.05, 0.1) is 26.2 Å². The third-order valence-electron chi connectivity index (χ3n) is 4.65. The van der Waals surface area contributed by atoms with E-state index in [0.717, 1.165) is 0 Å². The molecule has 0 atom stereocenters. The molecule has 150 valence electrons. The van der Waals surface area contributed by atoms with Gasteiger partial charge in [-0.2, -0.15) is 0 Å². The van der Waals surface area contributed by atoms with Crippen LogP contribution < -0.4 is 0 Å². The molecule has 0 spiro atoms. The SMILES string of the molecule is BCCCC.CCCC[N+](CCCC)(CCCC)CCCC.O.[OH-]. The third kappa shape index (κ3) is 20.0. The van der Waals surface area contributed by atoms with Crippen LogP contribution in [0.3, 0.4) is 0 Å². The van der Waals surface area contributed by atoms with E-state index in [1.165, 1.54) is 101 Å². The molecule has 0 unspecified atom stereocenters. The number of quaternary nitrogens is 1. The summed E-state index contributed by atoms with van der Waals surface area (Å²) in [6.45, 7) is 17.2. The molecule has 0 aromatic rings. The summed E-state index contributed by atoms with van der Waals surface area (Å²) in [5.41, 5.74) is 0. The summed E-state index contributed by atoms with van der Waals surface area (Å²) in [5, 5.41) is 0. The van der Waals surface area contributed by atoms with Crippen LogP contribution in [0.5, 0.6) is 0 Å². The molecule has 0 aromatic heterocycles. The molecule has 0 aromatic carbocycles. The van der Waals surface area contributed by atoms with E-state index in [9.17, 15) is 0 Å². The van der Waals surface area contributed by atoms with Crippen molar-refractivity contribution in [2.75, 3.05) is 26.2 Å². The molecule has 3 nitrogen and oxygen atoms in total. The summed E-state index contributed by atoms with van der Waals surface area (Å²) in [5.74, 6) is 0. The number of unbranched alkanes of at least 4 members (excludes halogenated alkanes) is 5. The molecule has 0 aliphatic carbocycles. The normalized spacial score (nSPS) is 10.2. The van der Waals surface area contributed by atoms with Crippen LogP contribution in [0.4, 0.5) is 0 Å². The highest BCUT2D eigenvalue weighted by Crippen LogP contribution is 2.16. The van der Waals surface area contributed by atoms with Crippen molar-refractivity contribution in [2.24, 2.45) is 0 Å². The van der Waals surface area contributed by atoms with Crippen LogP contribution in [-0.4, -0.2) is 49.5 Å². The van der Waals surface area contributed by atoms with Gasteiger partial charge in [0.25, 0.3) is 0 Å². The van der Waals surface area contributed by atoms with E-state index in [-0.39, 0.29) is 11.0 Å². The Morgan fingerprint density at radius 2 is 0.792 bits per heavy atom. The van der Waals surface area contributed by atoms with Gasteiger partial charge in [-0.3, -0.25) is 0 Å². The van der Waals surface area contributed by atoms with Gasteiger partial charge in [-0.1, -0.05) is 79.5 Å². The first-order valence-corrected chi connectivity index (χ1v) is 10.5. The van der Waals surface area contributed by atoms with Gasteiger partial charge < -0.3 is 15.4 Å². The zero-order valence-electron chi connectivity index (χ0n) is 18.0. The van der Waals surface area contributed by atoms with Crippen molar-refractivity contribution in [2.45, 2.75) is 105 Å². The van der Waals surface area contributed by atoms with Gasteiger partial charge in [0.15, 0.2) is 0 Å². The average Bonchev–Trinajstić information content (AvgIpc) is 2.55. The van der Waals surface area contributed by atoms with Crippen LogP contribution >= 0.6 is 0 Å². The Kier molecular flexibility index (Phi) is 33.3. The Morgan fingerprint density at radius 3 is 0.917 bits per heavy atom. The quantitative estimate of drug-likeness (QED) is 0.327. The Hall–Kier alpha value is -0.0551. The monoisotopic (exact) mass is 347 g/mol. The van der Waals surface area contributed by atoms with E-state index in [4.69, 9.17) is 0 Å². The van der Waals surface area contributed by atoms with Gasteiger partial charge in [0, 0.05) is 0 Å². The fourth-order valence-corrected chi connectivity index (χ4v) is 3.00. The Bertz CT molecular complexity index is 165. The standard InChI is InChI=1S/C16H36N.C4H11B.2H2O/c1-5-9-13-17(14-10-6-2,15-11-7-3)16-12-8-4;1-2-3-4-5;;/h5-16H2,1-4H3;2-5H2,1H3;2*1H2/q+1;;;/p-1. The minimum Gasteiger partial charge on any atom is -0.870 e. The van der Waals surface area contributed by atoms with Gasteiger partial charge in [-0.15, -0.1) is 0 Å². The molecule has 0 aliphatic heterocycles. The third-order valence-corrected chi connectivity index (χ3v) is 4.65. The Balaban J connectivity index is -0.000000250. The lowest BCUT2D eigenvalue weighted by Gasteiger charge is -2.39. The topological polar surface area (TPSA) is 61.5 Å². The number of nitrogens with zero attached hydrogens (tertiary/aromatic N) is 1. The van der Waals surface area contributed by atoms with Crippen molar-refractivity contribution in [3.05, 3.63) is 0 Å². The smallest absolute Gasteiger partial charge is 0.101 e. The summed E-state index contributed by atoms with van der Waals surface area (Å²) in [6.07, 6.45) is 15.1. The molecule has 0 saturated carbocycles. The van der Waals surface area contributed by atoms with Crippen molar-refractivity contribution in [1.82, 2.24) is 0 Å². The maximum atomic E-state index is 2.33. The zero-order chi connectivity index (χ0) is 17.1. The first kappa shape index (κ1) is 31.7. The largest absolute Gasteiger partial charge is 0.870 e. The van der Waals surface area contributed by atoms with Crippen LogP contribution in [0.15, 0.2) is 0 Å². The average molecular weight is 347 g/mol. The van der Waals surface area contributed by atoms with Crippen molar-refractivity contribution < 1.29 is 15.4 Å². The molecule has 4 heteroatoms. The molecule has 0 radical (unpaired) electrons. The maximum absolute atomic E-state index is 2.33. The zero-order valence-corrected chi connectivity index (χ0v) is 18.0. The van der Waals surface area contributed by atoms with E-state index >= 15 is 0 Å². The lowest BCUT2D eigenvalue weighted by Crippen LogP contribution is -2.50. The van der Waals surface area contributed by atoms with Crippen molar-refractivity contribution in [3.8, 4) is 0 Å². The van der Waals surface area contributed by atoms with Crippen molar-refractivity contribution >= 4 is 7.85 Å². The molecule has 0 heterocycles. The predicted octanol–water partition coefficient (Wildman–Crippen LogP) is 4.84. The van der Waals surface area contributed by atoms with Gasteiger partial charge in [-0.25, -0.2) is 0 Å². The molecule has 0 rings (SSSR count). The summed E-state index contributed by atoms with van der Waals surface area (Å²) in [4.78, 5) is 0. The Morgan fingerprint density at radius 1 is 0.542 bits per heavy atom. The van der Waals surface area contributed by atoms with E-state index in [1.807, 2.05) is 0 Å². The minimum absolute atomic E-state index is 0. The van der Waals surface area contributed by atoms with Gasteiger partial charge in [0.2, 0.25) is 0 Å². The molecule has 0 aliphatic rings. The molecular formula is C20H50BNO2. The van der Waals surface area contributed by atoms with Gasteiger partial charge >= 0.3 is 0 Å². The fraction of sp³-hybridized carbons (Fsp3) is 1.00. The molecule has 0 bridgehead atoms. The van der Waals surface area contributed by atoms with Gasteiger partial charge in [0.1, 0.15) is 7.85 Å². The van der Waals surface area contributed by atoms with Gasteiger partial charge in [-0.05, 0) is 25.7 Å². The molecule has 24 heavy (non-hydrogen) atoms. The van der Waals surface area contributed by atoms with E-state index in [2.05, 4.69) is 42.5 Å². The first-order chi connectivity index (χ1) is 10.7. The molecular weight excluding hydrogens is 297 g/mol. The molecule has 0 fully saturated rings. The summed E-state index contributed by atoms with van der Waals surface area (Å²) in [7, 11) is 2.21. The van der Waals surface area contributed by atoms with E-state index < -0.39 is 0 Å². The number of rotatable bonds is 14. The van der Waals surface area contributed by atoms with Crippen LogP contribution in [0.1, 0.15) is 98.8 Å². The van der Waals surface area contributed by atoms with Crippen LogP contribution in [0, 0.1) is 0 Å². The second-order valence-corrected chi connectivity index (χ2v) is 7.00. The van der Waals surface area contributed by atoms with Crippen molar-refractivity contribution in [1.29, 1.82) is 0 Å². The van der Waals surface area contributed by atoms with E-state index in [1.54, 1.807) is 0 Å². The molecule has 0 saturated heterocycles. The molecule has 3 N–H and O–H groups in total. The Labute approximate surface area is 155 Å². The molecule has 0 amide bonds. The van der Waals surface area contributed by atoms with E-state index in [0.29, 0.717) is 0 Å². The fourth-order valence-electron chi connectivity index (χ4n) is 3.00. The lowest BCUT2D eigenvalue weighted by molar-refractivity contribution is -0.929. The summed E-state index contributed by atoms with van der Waals surface area (Å²) >= 11 is 0. The minimum atomic E-state index is 0. The second-order valence-electron chi connectivity index (χ2n) is 7.00. The number of hydrogen-bond acceptors (Lipinski definition) is 1. The first-order valence-electron chi connectivity index (χ1n) is 10.5. The maximum Gasteiger partial charge on any atom is 0.101 e. The summed E-state index contributed by atoms with van der Waals surface area (Å²) < 4.78 is 1.42.